The molecule has 1 nitrogen and oxygen atoms in total. The van der Waals surface area contributed by atoms with E-state index in [4.69, 9.17) is 4.98 Å². The van der Waals surface area contributed by atoms with Crippen molar-refractivity contribution < 1.29 is 0 Å². The maximum Gasteiger partial charge on any atom is 0.0736 e. The zero-order valence-electron chi connectivity index (χ0n) is 23.9. The zero-order chi connectivity index (χ0) is 25.8. The molecule has 0 fully saturated rings. The second-order valence-electron chi connectivity index (χ2n) is 9.40. The first-order valence-electron chi connectivity index (χ1n) is 13.4. The van der Waals surface area contributed by atoms with Crippen molar-refractivity contribution in [3.63, 3.8) is 0 Å². The number of aryl methyl sites for hydroxylation is 4. The van der Waals surface area contributed by atoms with Crippen LogP contribution in [0.15, 0.2) is 42.6 Å². The molecule has 1 heteroatoms. The third-order valence-corrected chi connectivity index (χ3v) is 6.48. The number of aromatic nitrogens is 1. The van der Waals surface area contributed by atoms with E-state index in [1.807, 2.05) is 20.0 Å². The highest BCUT2D eigenvalue weighted by molar-refractivity contribution is 5.78. The highest BCUT2D eigenvalue weighted by atomic mass is 14.7. The normalized spacial score (nSPS) is 11.1. The fraction of sp³-hybridized carbons (Fsp3) is 0.485. The standard InChI is InChI=1S/C26H31N.C5H12.C2H6/c1-8-18(4)25-20(6)14-23(22-12-16(2)11-17(3)13-22)15-24(25)26-21(7)19(5)9-10-27-26;1-3-5-4-2;1-2/h9-15,18H,8H2,1-7H3;3-5H2,1-2H3;1-2H3. The van der Waals surface area contributed by atoms with Crippen LogP contribution < -0.4 is 0 Å². The first-order chi connectivity index (χ1) is 16.2. The van der Waals surface area contributed by atoms with Gasteiger partial charge in [-0.1, -0.05) is 96.2 Å². The highest BCUT2D eigenvalue weighted by Gasteiger charge is 2.18. The quantitative estimate of drug-likeness (QED) is 0.357. The van der Waals surface area contributed by atoms with Crippen molar-refractivity contribution in [1.29, 1.82) is 0 Å². The van der Waals surface area contributed by atoms with Crippen LogP contribution in [0.2, 0.25) is 0 Å². The summed E-state index contributed by atoms with van der Waals surface area (Å²) in [6, 6.07) is 13.6. The number of hydrogen-bond donors (Lipinski definition) is 0. The van der Waals surface area contributed by atoms with Crippen LogP contribution in [0.4, 0.5) is 0 Å². The summed E-state index contributed by atoms with van der Waals surface area (Å²) in [5.74, 6) is 0.509. The van der Waals surface area contributed by atoms with Crippen molar-refractivity contribution in [2.75, 3.05) is 0 Å². The SMILES string of the molecule is CC.CCC(C)c1c(C)cc(-c2cc(C)cc(C)c2)cc1-c1nccc(C)c1C.CCCCC. The molecule has 0 aliphatic rings. The van der Waals surface area contributed by atoms with Crippen LogP contribution in [0.1, 0.15) is 107 Å². The molecule has 0 aliphatic carbocycles. The molecule has 186 valence electrons. The molecule has 0 amide bonds. The second-order valence-corrected chi connectivity index (χ2v) is 9.40. The lowest BCUT2D eigenvalue weighted by Crippen LogP contribution is -2.03. The van der Waals surface area contributed by atoms with Crippen molar-refractivity contribution >= 4 is 0 Å². The van der Waals surface area contributed by atoms with Gasteiger partial charge in [-0.05, 0) is 92.5 Å². The summed E-state index contributed by atoms with van der Waals surface area (Å²) in [5.41, 5.74) is 13.0. The molecule has 1 atom stereocenters. The Kier molecular flexibility index (Phi) is 12.9. The number of benzene rings is 2. The summed E-state index contributed by atoms with van der Waals surface area (Å²) < 4.78 is 0. The molecular formula is C33H49N. The van der Waals surface area contributed by atoms with Crippen LogP contribution in [-0.4, -0.2) is 4.98 Å². The Labute approximate surface area is 211 Å². The number of unbranched alkanes of at least 4 members (excludes halogenated alkanes) is 2. The third kappa shape index (κ3) is 7.83. The van der Waals surface area contributed by atoms with Gasteiger partial charge in [0, 0.05) is 11.8 Å². The summed E-state index contributed by atoms with van der Waals surface area (Å²) in [4.78, 5) is 4.80. The average molecular weight is 460 g/mol. The van der Waals surface area contributed by atoms with Crippen LogP contribution in [0.5, 0.6) is 0 Å². The van der Waals surface area contributed by atoms with Crippen LogP contribution in [0.3, 0.4) is 0 Å². The number of pyridine rings is 1. The molecule has 0 N–H and O–H groups in total. The average Bonchev–Trinajstić information content (AvgIpc) is 2.81. The van der Waals surface area contributed by atoms with E-state index in [1.54, 1.807) is 0 Å². The summed E-state index contributed by atoms with van der Waals surface area (Å²) in [7, 11) is 0. The van der Waals surface area contributed by atoms with E-state index >= 15 is 0 Å². The maximum atomic E-state index is 4.80. The molecule has 3 rings (SSSR count). The van der Waals surface area contributed by atoms with E-state index in [0.717, 1.165) is 12.1 Å². The van der Waals surface area contributed by atoms with Gasteiger partial charge in [-0.15, -0.1) is 0 Å². The fourth-order valence-electron chi connectivity index (χ4n) is 4.42. The van der Waals surface area contributed by atoms with Gasteiger partial charge >= 0.3 is 0 Å². The fourth-order valence-corrected chi connectivity index (χ4v) is 4.42. The minimum absolute atomic E-state index is 0.509. The molecule has 0 bridgehead atoms. The predicted molar refractivity (Wildman–Crippen MR) is 154 cm³/mol. The lowest BCUT2D eigenvalue weighted by Gasteiger charge is -2.21. The summed E-state index contributed by atoms with van der Waals surface area (Å²) in [6.45, 7) is 24.0. The van der Waals surface area contributed by atoms with E-state index in [1.165, 1.54) is 69.3 Å². The number of nitrogens with zero attached hydrogens (tertiary/aromatic N) is 1. The Morgan fingerprint density at radius 3 is 1.79 bits per heavy atom. The Morgan fingerprint density at radius 2 is 1.29 bits per heavy atom. The smallest absolute Gasteiger partial charge is 0.0736 e. The van der Waals surface area contributed by atoms with Gasteiger partial charge in [0.15, 0.2) is 0 Å². The van der Waals surface area contributed by atoms with Crippen molar-refractivity contribution in [1.82, 2.24) is 4.98 Å². The predicted octanol–water partition coefficient (Wildman–Crippen LogP) is 10.7. The molecular weight excluding hydrogens is 410 g/mol. The van der Waals surface area contributed by atoms with Crippen molar-refractivity contribution in [3.05, 3.63) is 76.0 Å². The third-order valence-electron chi connectivity index (χ3n) is 6.48. The lowest BCUT2D eigenvalue weighted by atomic mass is 9.84. The summed E-state index contributed by atoms with van der Waals surface area (Å²) in [5, 5.41) is 0. The lowest BCUT2D eigenvalue weighted by molar-refractivity contribution is 0.729. The maximum absolute atomic E-state index is 4.80. The molecule has 1 aromatic heterocycles. The molecule has 3 aromatic rings. The Hall–Kier alpha value is -2.41. The zero-order valence-corrected chi connectivity index (χ0v) is 23.9. The molecule has 34 heavy (non-hydrogen) atoms. The molecule has 1 unspecified atom stereocenters. The topological polar surface area (TPSA) is 12.9 Å². The first kappa shape index (κ1) is 29.6. The van der Waals surface area contributed by atoms with E-state index in [-0.39, 0.29) is 0 Å². The molecule has 0 radical (unpaired) electrons. The van der Waals surface area contributed by atoms with Gasteiger partial charge < -0.3 is 0 Å². The van der Waals surface area contributed by atoms with Crippen LogP contribution in [0, 0.1) is 34.6 Å². The van der Waals surface area contributed by atoms with Gasteiger partial charge in [0.2, 0.25) is 0 Å². The second kappa shape index (κ2) is 14.8. The Balaban J connectivity index is 0.000000733. The van der Waals surface area contributed by atoms with Gasteiger partial charge in [0.25, 0.3) is 0 Å². The summed E-state index contributed by atoms with van der Waals surface area (Å²) >= 11 is 0. The molecule has 1 heterocycles. The van der Waals surface area contributed by atoms with Gasteiger partial charge in [-0.3, -0.25) is 4.98 Å². The van der Waals surface area contributed by atoms with E-state index in [0.29, 0.717) is 5.92 Å². The van der Waals surface area contributed by atoms with E-state index < -0.39 is 0 Å². The van der Waals surface area contributed by atoms with Gasteiger partial charge in [-0.25, -0.2) is 0 Å². The molecule has 2 aromatic carbocycles. The molecule has 0 spiro atoms. The van der Waals surface area contributed by atoms with Crippen LogP contribution >= 0.6 is 0 Å². The monoisotopic (exact) mass is 459 g/mol. The van der Waals surface area contributed by atoms with Crippen molar-refractivity contribution in [2.24, 2.45) is 0 Å². The number of rotatable bonds is 6. The van der Waals surface area contributed by atoms with E-state index in [9.17, 15) is 0 Å². The summed E-state index contributed by atoms with van der Waals surface area (Å²) in [6.07, 6.45) is 7.14. The minimum atomic E-state index is 0.509. The number of hydrogen-bond acceptors (Lipinski definition) is 1. The van der Waals surface area contributed by atoms with Crippen LogP contribution in [0.25, 0.3) is 22.4 Å². The molecule has 0 saturated carbocycles. The highest BCUT2D eigenvalue weighted by Crippen LogP contribution is 2.38. The molecule has 0 aliphatic heterocycles. The Morgan fingerprint density at radius 1 is 0.735 bits per heavy atom. The van der Waals surface area contributed by atoms with Crippen molar-refractivity contribution in [3.8, 4) is 22.4 Å². The largest absolute Gasteiger partial charge is 0.256 e. The first-order valence-corrected chi connectivity index (χ1v) is 13.4. The Bertz CT molecular complexity index is 1010. The minimum Gasteiger partial charge on any atom is -0.256 e. The molecule has 0 saturated heterocycles. The van der Waals surface area contributed by atoms with Gasteiger partial charge in [0.05, 0.1) is 5.69 Å². The van der Waals surface area contributed by atoms with Crippen molar-refractivity contribution in [2.45, 2.75) is 108 Å². The van der Waals surface area contributed by atoms with E-state index in [2.05, 4.69) is 98.7 Å². The van der Waals surface area contributed by atoms with Crippen LogP contribution in [-0.2, 0) is 0 Å². The van der Waals surface area contributed by atoms with Gasteiger partial charge in [0.1, 0.15) is 0 Å². The van der Waals surface area contributed by atoms with Gasteiger partial charge in [-0.2, -0.15) is 0 Å².